The molecule has 0 aliphatic heterocycles. The lowest BCUT2D eigenvalue weighted by atomic mass is 9.98. The van der Waals surface area contributed by atoms with Gasteiger partial charge >= 0.3 is 11.9 Å². The monoisotopic (exact) mass is 510 g/mol. The average Bonchev–Trinajstić information content (AvgIpc) is 2.82. The Morgan fingerprint density at radius 1 is 0.943 bits per heavy atom. The van der Waals surface area contributed by atoms with Crippen molar-refractivity contribution in [2.75, 3.05) is 5.75 Å². The lowest BCUT2D eigenvalue weighted by Gasteiger charge is -2.26. The zero-order valence-corrected chi connectivity index (χ0v) is 20.7. The molecular weight excluding hydrogens is 476 g/mol. The van der Waals surface area contributed by atoms with Crippen molar-refractivity contribution in [3.63, 3.8) is 0 Å². The van der Waals surface area contributed by atoms with E-state index in [0.29, 0.717) is 6.42 Å². The number of amides is 3. The van der Waals surface area contributed by atoms with E-state index < -0.39 is 66.2 Å². The molecule has 0 fully saturated rings. The number of carbonyl (C=O) groups excluding carboxylic acids is 3. The van der Waals surface area contributed by atoms with Crippen molar-refractivity contribution < 1.29 is 34.2 Å². The number of benzene rings is 1. The van der Waals surface area contributed by atoms with Gasteiger partial charge in [0.25, 0.3) is 0 Å². The number of aliphatic carboxylic acids is 2. The van der Waals surface area contributed by atoms with Gasteiger partial charge < -0.3 is 31.9 Å². The van der Waals surface area contributed by atoms with Gasteiger partial charge in [0.15, 0.2) is 0 Å². The van der Waals surface area contributed by atoms with Crippen molar-refractivity contribution in [3.8, 4) is 0 Å². The number of thiol groups is 1. The molecule has 0 spiro atoms. The van der Waals surface area contributed by atoms with Crippen molar-refractivity contribution in [1.29, 1.82) is 0 Å². The lowest BCUT2D eigenvalue weighted by molar-refractivity contribution is -0.144. The molecule has 0 aliphatic carbocycles. The molecule has 0 saturated heterocycles. The SMILES string of the molecule is CCC(C)C(NC(=O)C(CCC(=O)O)NC(=O)C(CS)NC(=O)C(N)Cc1ccccc1)C(=O)O. The Morgan fingerprint density at radius 2 is 1.51 bits per heavy atom. The van der Waals surface area contributed by atoms with Crippen LogP contribution < -0.4 is 21.7 Å². The van der Waals surface area contributed by atoms with Gasteiger partial charge in [0, 0.05) is 12.2 Å². The summed E-state index contributed by atoms with van der Waals surface area (Å²) >= 11 is 4.09. The van der Waals surface area contributed by atoms with Crippen LogP contribution in [0.1, 0.15) is 38.7 Å². The number of hydrogen-bond donors (Lipinski definition) is 7. The summed E-state index contributed by atoms with van der Waals surface area (Å²) in [6.07, 6.45) is -0.0103. The second-order valence-electron chi connectivity index (χ2n) is 8.24. The second kappa shape index (κ2) is 15.0. The number of carboxylic acid groups (broad SMARTS) is 2. The maximum atomic E-state index is 12.8. The second-order valence-corrected chi connectivity index (χ2v) is 8.61. The molecule has 194 valence electrons. The summed E-state index contributed by atoms with van der Waals surface area (Å²) in [5.74, 6) is -5.17. The quantitative estimate of drug-likeness (QED) is 0.160. The molecule has 0 bridgehead atoms. The van der Waals surface area contributed by atoms with Gasteiger partial charge in [-0.25, -0.2) is 4.79 Å². The van der Waals surface area contributed by atoms with Crippen molar-refractivity contribution in [3.05, 3.63) is 35.9 Å². The Bertz CT molecular complexity index is 884. The van der Waals surface area contributed by atoms with E-state index in [2.05, 4.69) is 28.6 Å². The summed E-state index contributed by atoms with van der Waals surface area (Å²) in [7, 11) is 0. The van der Waals surface area contributed by atoms with E-state index >= 15 is 0 Å². The largest absolute Gasteiger partial charge is 0.481 e. The molecule has 5 atom stereocenters. The minimum Gasteiger partial charge on any atom is -0.481 e. The fourth-order valence-electron chi connectivity index (χ4n) is 3.18. The first-order chi connectivity index (χ1) is 16.5. The number of nitrogens with one attached hydrogen (secondary N) is 3. The molecule has 0 radical (unpaired) electrons. The number of carbonyl (C=O) groups is 5. The third-order valence-electron chi connectivity index (χ3n) is 5.51. The first-order valence-corrected chi connectivity index (χ1v) is 11.9. The van der Waals surface area contributed by atoms with Crippen molar-refractivity contribution in [2.45, 2.75) is 63.7 Å². The third kappa shape index (κ3) is 10.4. The Labute approximate surface area is 209 Å². The van der Waals surface area contributed by atoms with Crippen LogP contribution in [0.25, 0.3) is 0 Å². The molecule has 1 aromatic carbocycles. The molecule has 7 N–H and O–H groups in total. The fraction of sp³-hybridized carbons (Fsp3) is 0.522. The molecule has 5 unspecified atom stereocenters. The van der Waals surface area contributed by atoms with E-state index in [4.69, 9.17) is 10.8 Å². The van der Waals surface area contributed by atoms with Crippen LogP contribution in [0.2, 0.25) is 0 Å². The summed E-state index contributed by atoms with van der Waals surface area (Å²) in [6, 6.07) is 4.43. The van der Waals surface area contributed by atoms with Crippen LogP contribution in [0.15, 0.2) is 30.3 Å². The van der Waals surface area contributed by atoms with E-state index in [1.165, 1.54) is 0 Å². The lowest BCUT2D eigenvalue weighted by Crippen LogP contribution is -2.58. The molecule has 11 nitrogen and oxygen atoms in total. The van der Waals surface area contributed by atoms with E-state index in [-0.39, 0.29) is 18.6 Å². The third-order valence-corrected chi connectivity index (χ3v) is 5.87. The molecule has 0 saturated carbocycles. The highest BCUT2D eigenvalue weighted by atomic mass is 32.1. The topological polar surface area (TPSA) is 188 Å². The van der Waals surface area contributed by atoms with Gasteiger partial charge in [-0.1, -0.05) is 50.6 Å². The van der Waals surface area contributed by atoms with Gasteiger partial charge in [-0.05, 0) is 24.3 Å². The molecule has 35 heavy (non-hydrogen) atoms. The normalized spacial score (nSPS) is 15.1. The molecule has 1 rings (SSSR count). The predicted octanol–water partition coefficient (Wildman–Crippen LogP) is -0.0639. The van der Waals surface area contributed by atoms with E-state index in [9.17, 15) is 29.1 Å². The Morgan fingerprint density at radius 3 is 2.03 bits per heavy atom. The van der Waals surface area contributed by atoms with Crippen LogP contribution in [-0.2, 0) is 30.4 Å². The van der Waals surface area contributed by atoms with Gasteiger partial charge in [-0.15, -0.1) is 0 Å². The number of rotatable bonds is 15. The van der Waals surface area contributed by atoms with Crippen molar-refractivity contribution in [1.82, 2.24) is 16.0 Å². The van der Waals surface area contributed by atoms with Gasteiger partial charge in [0.05, 0.1) is 6.04 Å². The first kappa shape index (κ1) is 29.9. The maximum Gasteiger partial charge on any atom is 0.326 e. The summed E-state index contributed by atoms with van der Waals surface area (Å²) < 4.78 is 0. The fourth-order valence-corrected chi connectivity index (χ4v) is 3.44. The van der Waals surface area contributed by atoms with Crippen molar-refractivity contribution >= 4 is 42.3 Å². The van der Waals surface area contributed by atoms with Crippen molar-refractivity contribution in [2.24, 2.45) is 11.7 Å². The summed E-state index contributed by atoms with van der Waals surface area (Å²) in [6.45, 7) is 3.41. The molecule has 1 aromatic rings. The summed E-state index contributed by atoms with van der Waals surface area (Å²) in [5, 5.41) is 25.7. The summed E-state index contributed by atoms with van der Waals surface area (Å²) in [4.78, 5) is 60.7. The number of carboxylic acids is 2. The average molecular weight is 511 g/mol. The van der Waals surface area contributed by atoms with E-state index in [1.54, 1.807) is 13.8 Å². The van der Waals surface area contributed by atoms with Crippen LogP contribution in [0, 0.1) is 5.92 Å². The minimum atomic E-state index is -1.33. The van der Waals surface area contributed by atoms with Gasteiger partial charge in [0.2, 0.25) is 17.7 Å². The van der Waals surface area contributed by atoms with Crippen LogP contribution in [0.4, 0.5) is 0 Å². The summed E-state index contributed by atoms with van der Waals surface area (Å²) in [5.41, 5.74) is 6.79. The van der Waals surface area contributed by atoms with Crippen LogP contribution in [0.3, 0.4) is 0 Å². The first-order valence-electron chi connectivity index (χ1n) is 11.3. The standard InChI is InChI=1S/C23H34N4O7S/c1-3-13(2)19(23(33)34)27-21(31)16(9-10-18(28)29)25-22(32)17(12-35)26-20(30)15(24)11-14-7-5-4-6-8-14/h4-8,13,15-17,19,35H,3,9-12,24H2,1-2H3,(H,25,32)(H,26,30)(H,27,31)(H,28,29)(H,33,34). The number of hydrogen-bond acceptors (Lipinski definition) is 7. The molecule has 3 amide bonds. The molecule has 0 heterocycles. The smallest absolute Gasteiger partial charge is 0.326 e. The van der Waals surface area contributed by atoms with Gasteiger partial charge in [0.1, 0.15) is 18.1 Å². The maximum absolute atomic E-state index is 12.8. The Hall–Kier alpha value is -3.12. The van der Waals surface area contributed by atoms with Gasteiger partial charge in [-0.3, -0.25) is 19.2 Å². The predicted molar refractivity (Wildman–Crippen MR) is 132 cm³/mol. The zero-order chi connectivity index (χ0) is 26.5. The Kier molecular flexibility index (Phi) is 12.8. The highest BCUT2D eigenvalue weighted by Gasteiger charge is 2.31. The highest BCUT2D eigenvalue weighted by molar-refractivity contribution is 7.80. The minimum absolute atomic E-state index is 0.118. The highest BCUT2D eigenvalue weighted by Crippen LogP contribution is 2.10. The van der Waals surface area contributed by atoms with E-state index in [0.717, 1.165) is 5.56 Å². The zero-order valence-electron chi connectivity index (χ0n) is 19.8. The Balaban J connectivity index is 2.88. The molecule has 0 aliphatic rings. The van der Waals surface area contributed by atoms with E-state index in [1.807, 2.05) is 30.3 Å². The molecular formula is C23H34N4O7S. The number of nitrogens with two attached hydrogens (primary N) is 1. The van der Waals surface area contributed by atoms with Gasteiger partial charge in [-0.2, -0.15) is 12.6 Å². The van der Waals surface area contributed by atoms with Crippen LogP contribution >= 0.6 is 12.6 Å². The molecule has 12 heteroatoms. The van der Waals surface area contributed by atoms with Crippen LogP contribution in [-0.4, -0.2) is 69.8 Å². The molecule has 0 aromatic heterocycles. The van der Waals surface area contributed by atoms with Crippen LogP contribution in [0.5, 0.6) is 0 Å².